The molecule has 1 fully saturated rings. The van der Waals surface area contributed by atoms with Gasteiger partial charge in [0.1, 0.15) is 5.75 Å². The third-order valence-corrected chi connectivity index (χ3v) is 5.26. The molecule has 2 bridgehead atoms. The number of ether oxygens (including phenoxy) is 1. The first-order valence-corrected chi connectivity index (χ1v) is 9.05. The lowest BCUT2D eigenvalue weighted by molar-refractivity contribution is 0.192. The Balaban J connectivity index is 1.34. The summed E-state index contributed by atoms with van der Waals surface area (Å²) in [6.45, 7) is 1.87. The topological polar surface area (TPSA) is 12.5 Å². The van der Waals surface area contributed by atoms with Crippen LogP contribution in [0.4, 0.5) is 0 Å². The maximum atomic E-state index is 5.87. The fraction of sp³-hybridized carbons (Fsp3) is 0.364. The molecule has 2 atom stereocenters. The monoisotopic (exact) mass is 319 g/mol. The molecule has 0 N–H and O–H groups in total. The van der Waals surface area contributed by atoms with Gasteiger partial charge in [0.2, 0.25) is 0 Å². The van der Waals surface area contributed by atoms with Crippen molar-refractivity contribution in [1.82, 2.24) is 4.90 Å². The minimum absolute atomic E-state index is 0.621. The molecule has 124 valence electrons. The van der Waals surface area contributed by atoms with Gasteiger partial charge in [0.25, 0.3) is 0 Å². The summed E-state index contributed by atoms with van der Waals surface area (Å²) in [5.41, 5.74) is 3.02. The van der Waals surface area contributed by atoms with Crippen molar-refractivity contribution in [1.29, 1.82) is 0 Å². The van der Waals surface area contributed by atoms with Crippen LogP contribution in [0.5, 0.6) is 5.75 Å². The van der Waals surface area contributed by atoms with Gasteiger partial charge in [-0.25, -0.2) is 0 Å². The van der Waals surface area contributed by atoms with Crippen LogP contribution in [0.15, 0.2) is 72.3 Å². The maximum absolute atomic E-state index is 5.87. The first-order chi connectivity index (χ1) is 11.9. The average molecular weight is 319 g/mol. The highest BCUT2D eigenvalue weighted by Gasteiger charge is 2.35. The molecule has 24 heavy (non-hydrogen) atoms. The van der Waals surface area contributed by atoms with E-state index in [2.05, 4.69) is 41.3 Å². The van der Waals surface area contributed by atoms with Gasteiger partial charge >= 0.3 is 0 Å². The minimum atomic E-state index is 0.621. The normalized spacial score (nSPS) is 23.1. The highest BCUT2D eigenvalue weighted by molar-refractivity contribution is 5.23. The van der Waals surface area contributed by atoms with Crippen LogP contribution in [0.2, 0.25) is 0 Å². The van der Waals surface area contributed by atoms with Crippen LogP contribution in [0.3, 0.4) is 0 Å². The molecule has 2 heteroatoms. The van der Waals surface area contributed by atoms with Crippen LogP contribution < -0.4 is 4.74 Å². The summed E-state index contributed by atoms with van der Waals surface area (Å²) in [4.78, 5) is 2.69. The van der Waals surface area contributed by atoms with E-state index in [-0.39, 0.29) is 0 Å². The molecule has 2 nitrogen and oxygen atoms in total. The standard InChI is InChI=1S/C22H25NO/c1-3-7-18(8-4-1)17-23-20-11-12-21(23)16-19(15-20)13-14-24-22-9-5-2-6-10-22/h1-10,15,20-21H,11-14,16-17H2. The first kappa shape index (κ1) is 15.5. The Hall–Kier alpha value is -2.06. The van der Waals surface area contributed by atoms with Crippen molar-refractivity contribution in [3.8, 4) is 5.75 Å². The molecule has 0 aromatic heterocycles. The fourth-order valence-electron chi connectivity index (χ4n) is 4.05. The molecule has 0 radical (unpaired) electrons. The van der Waals surface area contributed by atoms with Gasteiger partial charge in [-0.1, -0.05) is 60.2 Å². The number of fused-ring (bicyclic) bond motifs is 2. The number of hydrogen-bond donors (Lipinski definition) is 0. The van der Waals surface area contributed by atoms with E-state index in [0.717, 1.165) is 25.3 Å². The van der Waals surface area contributed by atoms with Gasteiger partial charge in [0.05, 0.1) is 6.61 Å². The van der Waals surface area contributed by atoms with Crippen molar-refractivity contribution in [3.05, 3.63) is 77.9 Å². The number of benzene rings is 2. The lowest BCUT2D eigenvalue weighted by Gasteiger charge is -2.34. The summed E-state index contributed by atoms with van der Waals surface area (Å²) in [5.74, 6) is 0.975. The smallest absolute Gasteiger partial charge is 0.119 e. The van der Waals surface area contributed by atoms with Crippen LogP contribution in [0, 0.1) is 0 Å². The largest absolute Gasteiger partial charge is 0.493 e. The van der Waals surface area contributed by atoms with E-state index in [4.69, 9.17) is 4.74 Å². The lowest BCUT2D eigenvalue weighted by Crippen LogP contribution is -2.38. The third kappa shape index (κ3) is 3.54. The summed E-state index contributed by atoms with van der Waals surface area (Å²) >= 11 is 0. The number of para-hydroxylation sites is 1. The minimum Gasteiger partial charge on any atom is -0.493 e. The van der Waals surface area contributed by atoms with Gasteiger partial charge < -0.3 is 4.74 Å². The Kier molecular flexibility index (Phi) is 4.66. The zero-order chi connectivity index (χ0) is 16.2. The zero-order valence-electron chi connectivity index (χ0n) is 14.1. The van der Waals surface area contributed by atoms with E-state index >= 15 is 0 Å². The molecular formula is C22H25NO. The Bertz CT molecular complexity index is 680. The van der Waals surface area contributed by atoms with Crippen molar-refractivity contribution in [2.75, 3.05) is 6.61 Å². The fourth-order valence-corrected chi connectivity index (χ4v) is 4.05. The number of rotatable bonds is 6. The van der Waals surface area contributed by atoms with Crippen LogP contribution in [-0.2, 0) is 6.54 Å². The molecule has 4 rings (SSSR count). The molecular weight excluding hydrogens is 294 g/mol. The molecule has 2 aliphatic heterocycles. The Labute approximate surface area is 144 Å². The predicted molar refractivity (Wildman–Crippen MR) is 98.0 cm³/mol. The van der Waals surface area contributed by atoms with Crippen LogP contribution in [0.25, 0.3) is 0 Å². The first-order valence-electron chi connectivity index (χ1n) is 9.05. The van der Waals surface area contributed by atoms with E-state index in [1.807, 2.05) is 30.3 Å². The van der Waals surface area contributed by atoms with Gasteiger partial charge in [0, 0.05) is 25.0 Å². The molecule has 2 aromatic rings. The summed E-state index contributed by atoms with van der Waals surface area (Å²) in [7, 11) is 0. The molecule has 2 unspecified atom stereocenters. The van der Waals surface area contributed by atoms with Crippen LogP contribution in [0.1, 0.15) is 31.2 Å². The second-order valence-corrected chi connectivity index (χ2v) is 6.90. The summed E-state index contributed by atoms with van der Waals surface area (Å²) in [5, 5.41) is 0. The van der Waals surface area contributed by atoms with E-state index in [1.54, 1.807) is 5.57 Å². The van der Waals surface area contributed by atoms with E-state index in [0.29, 0.717) is 12.1 Å². The zero-order valence-corrected chi connectivity index (χ0v) is 14.1. The SMILES string of the molecule is C1=C(CCOc2ccccc2)CC2CCC1N2Cc1ccccc1. The Morgan fingerprint density at radius 2 is 1.67 bits per heavy atom. The third-order valence-electron chi connectivity index (χ3n) is 5.26. The highest BCUT2D eigenvalue weighted by atomic mass is 16.5. The maximum Gasteiger partial charge on any atom is 0.119 e. The van der Waals surface area contributed by atoms with E-state index in [1.165, 1.54) is 24.8 Å². The molecule has 0 spiro atoms. The van der Waals surface area contributed by atoms with Gasteiger partial charge in [-0.15, -0.1) is 0 Å². The lowest BCUT2D eigenvalue weighted by atomic mass is 9.98. The molecule has 2 aliphatic rings. The predicted octanol–water partition coefficient (Wildman–Crippen LogP) is 4.82. The molecule has 2 heterocycles. The van der Waals surface area contributed by atoms with Crippen molar-refractivity contribution < 1.29 is 4.74 Å². The molecule has 0 saturated carbocycles. The van der Waals surface area contributed by atoms with E-state index in [9.17, 15) is 0 Å². The van der Waals surface area contributed by atoms with E-state index < -0.39 is 0 Å². The van der Waals surface area contributed by atoms with Crippen molar-refractivity contribution in [2.45, 2.75) is 44.3 Å². The quantitative estimate of drug-likeness (QED) is 0.708. The summed E-state index contributed by atoms with van der Waals surface area (Å²) < 4.78 is 5.87. The molecule has 0 amide bonds. The highest BCUT2D eigenvalue weighted by Crippen LogP contribution is 2.36. The number of hydrogen-bond acceptors (Lipinski definition) is 2. The molecule has 2 aromatic carbocycles. The van der Waals surface area contributed by atoms with Crippen LogP contribution >= 0.6 is 0 Å². The van der Waals surface area contributed by atoms with Gasteiger partial charge in [-0.3, -0.25) is 4.90 Å². The Morgan fingerprint density at radius 3 is 2.42 bits per heavy atom. The van der Waals surface area contributed by atoms with Crippen LogP contribution in [-0.4, -0.2) is 23.6 Å². The van der Waals surface area contributed by atoms with Crippen molar-refractivity contribution in [2.24, 2.45) is 0 Å². The second-order valence-electron chi connectivity index (χ2n) is 6.90. The van der Waals surface area contributed by atoms with Gasteiger partial charge in [-0.2, -0.15) is 0 Å². The van der Waals surface area contributed by atoms with Gasteiger partial charge in [0.15, 0.2) is 0 Å². The second kappa shape index (κ2) is 7.23. The van der Waals surface area contributed by atoms with Crippen molar-refractivity contribution in [3.63, 3.8) is 0 Å². The van der Waals surface area contributed by atoms with Crippen molar-refractivity contribution >= 4 is 0 Å². The average Bonchev–Trinajstić information content (AvgIpc) is 2.86. The van der Waals surface area contributed by atoms with Gasteiger partial charge in [-0.05, 0) is 37.0 Å². The summed E-state index contributed by atoms with van der Waals surface area (Å²) in [6, 6.07) is 22.3. The molecule has 1 saturated heterocycles. The molecule has 0 aliphatic carbocycles. The Morgan fingerprint density at radius 1 is 0.917 bits per heavy atom. The summed E-state index contributed by atoms with van der Waals surface area (Å²) in [6.07, 6.45) is 7.42. The number of nitrogens with zero attached hydrogens (tertiary/aromatic N) is 1.